The zero-order chi connectivity index (χ0) is 30.9. The Kier molecular flexibility index (Phi) is 9.05. The summed E-state index contributed by atoms with van der Waals surface area (Å²) in [5.41, 5.74) is 4.06. The Morgan fingerprint density at radius 2 is 2.05 bits per heavy atom. The fourth-order valence-corrected chi connectivity index (χ4v) is 5.27. The van der Waals surface area contributed by atoms with E-state index in [1.54, 1.807) is 48.7 Å². The maximum absolute atomic E-state index is 13.9. The summed E-state index contributed by atoms with van der Waals surface area (Å²) in [4.78, 5) is 41.9. The smallest absolute Gasteiger partial charge is 0.383 e. The van der Waals surface area contributed by atoms with Gasteiger partial charge in [0.25, 0.3) is 5.91 Å². The molecule has 0 aliphatic carbocycles. The predicted molar refractivity (Wildman–Crippen MR) is 150 cm³/mol. The van der Waals surface area contributed by atoms with Gasteiger partial charge in [-0.2, -0.15) is 18.3 Å². The van der Waals surface area contributed by atoms with Crippen LogP contribution < -0.4 is 16.4 Å². The van der Waals surface area contributed by atoms with Gasteiger partial charge in [-0.1, -0.05) is 35.9 Å². The molecule has 42 heavy (non-hydrogen) atoms. The summed E-state index contributed by atoms with van der Waals surface area (Å²) in [7, 11) is 0. The van der Waals surface area contributed by atoms with Crippen molar-refractivity contribution < 1.29 is 32.3 Å². The third kappa shape index (κ3) is 6.47. The normalized spacial score (nSPS) is 23.7. The topological polar surface area (TPSA) is 129 Å². The molecule has 10 nitrogen and oxygen atoms in total. The summed E-state index contributed by atoms with van der Waals surface area (Å²) in [6, 6.07) is 2.84. The number of allylic oxidation sites excluding steroid dienone is 2. The first kappa shape index (κ1) is 31.5. The van der Waals surface area contributed by atoms with E-state index in [-0.39, 0.29) is 38.4 Å². The summed E-state index contributed by atoms with van der Waals surface area (Å²) >= 11 is 6.04. The van der Waals surface area contributed by atoms with Crippen molar-refractivity contribution in [1.29, 1.82) is 0 Å². The summed E-state index contributed by atoms with van der Waals surface area (Å²) in [5, 5.41) is 10.8. The van der Waals surface area contributed by atoms with E-state index < -0.39 is 53.0 Å². The van der Waals surface area contributed by atoms with Gasteiger partial charge >= 0.3 is 6.18 Å². The number of ether oxygens (including phenoxy) is 1. The number of piperidine rings is 1. The fraction of sp³-hybridized carbons (Fsp3) is 0.500. The number of alkyl halides is 3. The van der Waals surface area contributed by atoms with Gasteiger partial charge in [0, 0.05) is 24.5 Å². The lowest BCUT2D eigenvalue weighted by Crippen LogP contribution is -2.65. The Morgan fingerprint density at radius 1 is 1.31 bits per heavy atom. The maximum Gasteiger partial charge on any atom is 0.410 e. The van der Waals surface area contributed by atoms with Crippen LogP contribution in [0.1, 0.15) is 32.8 Å². The van der Waals surface area contributed by atoms with Gasteiger partial charge in [0.1, 0.15) is 17.5 Å². The Hall–Kier alpha value is -3.42. The van der Waals surface area contributed by atoms with Crippen LogP contribution in [0, 0.1) is 5.41 Å². The first-order chi connectivity index (χ1) is 19.6. The average molecular weight is 611 g/mol. The number of nitrogens with two attached hydrogens (primary N) is 1. The van der Waals surface area contributed by atoms with Crippen molar-refractivity contribution in [3.63, 3.8) is 0 Å². The van der Waals surface area contributed by atoms with Gasteiger partial charge in [0.2, 0.25) is 11.8 Å². The minimum Gasteiger partial charge on any atom is -0.383 e. The van der Waals surface area contributed by atoms with E-state index in [1.165, 1.54) is 18.7 Å². The number of benzene rings is 1. The van der Waals surface area contributed by atoms with Gasteiger partial charge < -0.3 is 26.0 Å². The molecule has 0 aromatic heterocycles. The number of hydrogen-bond donors (Lipinski definition) is 3. The van der Waals surface area contributed by atoms with Gasteiger partial charge in [0.15, 0.2) is 0 Å². The number of hydrogen-bond acceptors (Lipinski definition) is 7. The van der Waals surface area contributed by atoms with Crippen LogP contribution >= 0.6 is 11.6 Å². The molecule has 3 amide bonds. The van der Waals surface area contributed by atoms with E-state index in [0.29, 0.717) is 10.0 Å². The number of amides is 3. The molecule has 0 saturated carbocycles. The molecule has 2 unspecified atom stereocenters. The van der Waals surface area contributed by atoms with Crippen molar-refractivity contribution in [3.8, 4) is 0 Å². The Morgan fingerprint density at radius 3 is 2.67 bits per heavy atom. The number of carbonyl (C=O) groups is 3. The molecule has 4 rings (SSSR count). The van der Waals surface area contributed by atoms with E-state index >= 15 is 0 Å². The van der Waals surface area contributed by atoms with Gasteiger partial charge in [-0.15, -0.1) is 0 Å². The zero-order valence-electron chi connectivity index (χ0n) is 23.5. The third-order valence-corrected chi connectivity index (χ3v) is 7.73. The Bertz CT molecular complexity index is 1310. The highest BCUT2D eigenvalue weighted by atomic mass is 35.5. The maximum atomic E-state index is 13.9. The Labute approximate surface area is 246 Å². The van der Waals surface area contributed by atoms with E-state index in [0.717, 1.165) is 12.5 Å². The first-order valence-corrected chi connectivity index (χ1v) is 13.8. The van der Waals surface area contributed by atoms with Gasteiger partial charge in [-0.25, -0.2) is 5.01 Å². The average Bonchev–Trinajstić information content (AvgIpc) is 3.23. The lowest BCUT2D eigenvalue weighted by Gasteiger charge is -2.44. The lowest BCUT2D eigenvalue weighted by molar-refractivity contribution is -0.187. The minimum atomic E-state index is -4.70. The number of likely N-dealkylation sites (tertiary alicyclic amines) is 1. The second kappa shape index (κ2) is 12.1. The SMILES string of the molecule is C[C@@H](N1N=C2CCN(C(=O)C(COCc3cccc(Cl)c3)NC(=O)C(C)(C)N)C[C@]2(C2C=CC=CN2)C1=O)C(F)(F)F. The first-order valence-electron chi connectivity index (χ1n) is 13.4. The molecule has 1 aromatic carbocycles. The van der Waals surface area contributed by atoms with Crippen LogP contribution in [-0.2, 0) is 25.7 Å². The standard InChI is InChI=1S/C28H34ClF3N6O4/c1-17(28(30,31)32)38-25(41)27(21-9-4-5-11-34-21)16-37(12-10-22(27)36-38)23(39)20(35-24(40)26(2,3)33)15-42-14-18-7-6-8-19(29)13-18/h4-9,11,13,17,20-21,34H,10,12,14-16,33H2,1-3H3,(H,35,40)/t17-,20?,21?,27-/m1/s1. The van der Waals surface area contributed by atoms with Crippen molar-refractivity contribution in [3.05, 3.63) is 59.3 Å². The van der Waals surface area contributed by atoms with Crippen LogP contribution in [0.4, 0.5) is 13.2 Å². The van der Waals surface area contributed by atoms with E-state index in [2.05, 4.69) is 15.7 Å². The highest BCUT2D eigenvalue weighted by Crippen LogP contribution is 2.42. The van der Waals surface area contributed by atoms with Crippen LogP contribution in [0.15, 0.2) is 53.8 Å². The molecular weight excluding hydrogens is 577 g/mol. The number of halogens is 4. The number of carbonyl (C=O) groups excluding carboxylic acids is 3. The molecule has 4 atom stereocenters. The van der Waals surface area contributed by atoms with Crippen LogP contribution in [0.25, 0.3) is 0 Å². The largest absolute Gasteiger partial charge is 0.410 e. The van der Waals surface area contributed by atoms with Crippen molar-refractivity contribution in [2.75, 3.05) is 19.7 Å². The van der Waals surface area contributed by atoms with Crippen LogP contribution in [0.5, 0.6) is 0 Å². The molecule has 0 bridgehead atoms. The van der Waals surface area contributed by atoms with Crippen molar-refractivity contribution in [1.82, 2.24) is 20.5 Å². The van der Waals surface area contributed by atoms with E-state index in [4.69, 9.17) is 22.1 Å². The molecule has 3 heterocycles. The molecule has 14 heteroatoms. The molecular formula is C28H34ClF3N6O4. The summed E-state index contributed by atoms with van der Waals surface area (Å²) < 4.78 is 46.8. The number of hydrazone groups is 1. The van der Waals surface area contributed by atoms with Crippen molar-refractivity contribution in [2.45, 2.75) is 63.6 Å². The third-order valence-electron chi connectivity index (χ3n) is 7.49. The number of dihydropyridines is 1. The molecule has 1 fully saturated rings. The number of fused-ring (bicyclic) bond motifs is 1. The number of nitrogens with one attached hydrogen (secondary N) is 2. The molecule has 4 N–H and O–H groups in total. The fourth-order valence-electron chi connectivity index (χ4n) is 5.06. The second-order valence-corrected chi connectivity index (χ2v) is 11.6. The van der Waals surface area contributed by atoms with Gasteiger partial charge in [-0.05, 0) is 50.7 Å². The molecule has 0 radical (unpaired) electrons. The summed E-state index contributed by atoms with van der Waals surface area (Å²) in [5.74, 6) is -2.04. The van der Waals surface area contributed by atoms with Crippen LogP contribution in [0.2, 0.25) is 5.02 Å². The summed E-state index contributed by atoms with van der Waals surface area (Å²) in [6.07, 6.45) is 1.95. The summed E-state index contributed by atoms with van der Waals surface area (Å²) in [6.45, 7) is 3.52. The van der Waals surface area contributed by atoms with Crippen molar-refractivity contribution in [2.24, 2.45) is 16.3 Å². The number of nitrogens with zero attached hydrogens (tertiary/aromatic N) is 3. The highest BCUT2D eigenvalue weighted by Gasteiger charge is 2.61. The molecule has 3 aliphatic rings. The van der Waals surface area contributed by atoms with Crippen LogP contribution in [-0.4, -0.2) is 82.9 Å². The monoisotopic (exact) mass is 610 g/mol. The van der Waals surface area contributed by atoms with Crippen LogP contribution in [0.3, 0.4) is 0 Å². The predicted octanol–water partition coefficient (Wildman–Crippen LogP) is 2.49. The second-order valence-electron chi connectivity index (χ2n) is 11.2. The Balaban J connectivity index is 1.60. The quantitative estimate of drug-likeness (QED) is 0.394. The molecule has 0 spiro atoms. The molecule has 228 valence electrons. The zero-order valence-corrected chi connectivity index (χ0v) is 24.2. The van der Waals surface area contributed by atoms with Gasteiger partial charge in [0.05, 0.1) is 30.5 Å². The van der Waals surface area contributed by atoms with E-state index in [9.17, 15) is 27.6 Å². The lowest BCUT2D eigenvalue weighted by atomic mass is 9.71. The minimum absolute atomic E-state index is 0.0563. The molecule has 1 aromatic rings. The highest BCUT2D eigenvalue weighted by molar-refractivity contribution is 6.30. The van der Waals surface area contributed by atoms with Crippen molar-refractivity contribution >= 4 is 35.0 Å². The molecule has 1 saturated heterocycles. The number of rotatable bonds is 9. The molecule has 3 aliphatic heterocycles. The van der Waals surface area contributed by atoms with E-state index in [1.807, 2.05) is 0 Å². The van der Waals surface area contributed by atoms with Gasteiger partial charge in [-0.3, -0.25) is 14.4 Å².